The number of carbonyl (C=O) groups excluding carboxylic acids is 1. The third-order valence-corrected chi connectivity index (χ3v) is 3.69. The summed E-state index contributed by atoms with van der Waals surface area (Å²) in [4.78, 5) is 14.2. The summed E-state index contributed by atoms with van der Waals surface area (Å²) in [7, 11) is 4.06. The second-order valence-electron chi connectivity index (χ2n) is 5.84. The number of amides is 1. The van der Waals surface area contributed by atoms with E-state index in [1.54, 1.807) is 0 Å². The van der Waals surface area contributed by atoms with Crippen molar-refractivity contribution in [3.63, 3.8) is 0 Å². The van der Waals surface area contributed by atoms with Crippen molar-refractivity contribution in [3.8, 4) is 0 Å². The predicted octanol–water partition coefficient (Wildman–Crippen LogP) is 1.48. The lowest BCUT2D eigenvalue weighted by Gasteiger charge is -2.12. The van der Waals surface area contributed by atoms with Crippen LogP contribution in [0, 0.1) is 5.92 Å². The highest BCUT2D eigenvalue weighted by Gasteiger charge is 2.14. The van der Waals surface area contributed by atoms with Crippen LogP contribution in [0.2, 0.25) is 0 Å². The van der Waals surface area contributed by atoms with Crippen molar-refractivity contribution < 1.29 is 4.79 Å². The summed E-state index contributed by atoms with van der Waals surface area (Å²) in [5.74, 6) is 0.756. The van der Waals surface area contributed by atoms with E-state index in [2.05, 4.69) is 21.6 Å². The minimum absolute atomic E-state index is 0.0385. The SMILES string of the molecule is CN(C)Cc1cccc(C(=O)NCCC2CCNC2)c1. The van der Waals surface area contributed by atoms with Crippen LogP contribution in [0.25, 0.3) is 0 Å². The van der Waals surface area contributed by atoms with E-state index >= 15 is 0 Å². The molecule has 110 valence electrons. The minimum Gasteiger partial charge on any atom is -0.352 e. The highest BCUT2D eigenvalue weighted by atomic mass is 16.1. The van der Waals surface area contributed by atoms with Crippen LogP contribution in [0.4, 0.5) is 0 Å². The number of carbonyl (C=O) groups is 1. The summed E-state index contributed by atoms with van der Waals surface area (Å²) in [6, 6.07) is 7.87. The fraction of sp³-hybridized carbons (Fsp3) is 0.562. The molecule has 0 radical (unpaired) electrons. The first-order chi connectivity index (χ1) is 9.65. The van der Waals surface area contributed by atoms with Crippen molar-refractivity contribution >= 4 is 5.91 Å². The van der Waals surface area contributed by atoms with Crippen LogP contribution < -0.4 is 10.6 Å². The van der Waals surface area contributed by atoms with E-state index in [0.29, 0.717) is 0 Å². The Morgan fingerprint density at radius 1 is 1.45 bits per heavy atom. The van der Waals surface area contributed by atoms with E-state index in [0.717, 1.165) is 44.1 Å². The zero-order valence-corrected chi connectivity index (χ0v) is 12.5. The standard InChI is InChI=1S/C16H25N3O/c1-19(2)12-14-4-3-5-15(10-14)16(20)18-9-7-13-6-8-17-11-13/h3-5,10,13,17H,6-9,11-12H2,1-2H3,(H,18,20). The molecular weight excluding hydrogens is 250 g/mol. The highest BCUT2D eigenvalue weighted by Crippen LogP contribution is 2.11. The van der Waals surface area contributed by atoms with Crippen molar-refractivity contribution in [3.05, 3.63) is 35.4 Å². The van der Waals surface area contributed by atoms with Gasteiger partial charge in [-0.25, -0.2) is 0 Å². The molecule has 1 amide bonds. The van der Waals surface area contributed by atoms with Gasteiger partial charge in [-0.05, 0) is 63.6 Å². The summed E-state index contributed by atoms with van der Waals surface area (Å²) < 4.78 is 0. The van der Waals surface area contributed by atoms with Gasteiger partial charge in [0, 0.05) is 18.7 Å². The van der Waals surface area contributed by atoms with Crippen molar-refractivity contribution in [1.29, 1.82) is 0 Å². The Morgan fingerprint density at radius 3 is 3.00 bits per heavy atom. The van der Waals surface area contributed by atoms with Gasteiger partial charge in [-0.2, -0.15) is 0 Å². The smallest absolute Gasteiger partial charge is 0.251 e. The predicted molar refractivity (Wildman–Crippen MR) is 81.8 cm³/mol. The lowest BCUT2D eigenvalue weighted by atomic mass is 10.1. The first-order valence-electron chi connectivity index (χ1n) is 7.38. The monoisotopic (exact) mass is 275 g/mol. The van der Waals surface area contributed by atoms with Crippen LogP contribution in [-0.4, -0.2) is 44.5 Å². The molecule has 0 spiro atoms. The first-order valence-corrected chi connectivity index (χ1v) is 7.38. The Hall–Kier alpha value is -1.39. The van der Waals surface area contributed by atoms with Gasteiger partial charge in [0.2, 0.25) is 0 Å². The Bertz CT molecular complexity index is 439. The first kappa shape index (κ1) is 15.0. The van der Waals surface area contributed by atoms with Crippen LogP contribution in [-0.2, 0) is 6.54 Å². The normalized spacial score (nSPS) is 18.4. The summed E-state index contributed by atoms with van der Waals surface area (Å²) in [5, 5.41) is 6.38. The molecule has 1 heterocycles. The van der Waals surface area contributed by atoms with Crippen molar-refractivity contribution in [2.45, 2.75) is 19.4 Å². The van der Waals surface area contributed by atoms with Gasteiger partial charge in [0.25, 0.3) is 5.91 Å². The second kappa shape index (κ2) is 7.41. The second-order valence-corrected chi connectivity index (χ2v) is 5.84. The van der Waals surface area contributed by atoms with Gasteiger partial charge in [-0.1, -0.05) is 12.1 Å². The Morgan fingerprint density at radius 2 is 2.30 bits per heavy atom. The third kappa shape index (κ3) is 4.62. The topological polar surface area (TPSA) is 44.4 Å². The molecule has 1 atom stereocenters. The van der Waals surface area contributed by atoms with E-state index in [9.17, 15) is 4.79 Å². The number of nitrogens with zero attached hydrogens (tertiary/aromatic N) is 1. The molecule has 1 fully saturated rings. The molecule has 1 unspecified atom stereocenters. The van der Waals surface area contributed by atoms with Crippen LogP contribution in [0.15, 0.2) is 24.3 Å². The lowest BCUT2D eigenvalue weighted by molar-refractivity contribution is 0.0951. The van der Waals surface area contributed by atoms with Crippen LogP contribution >= 0.6 is 0 Å². The van der Waals surface area contributed by atoms with Crippen LogP contribution in [0.5, 0.6) is 0 Å². The maximum atomic E-state index is 12.1. The molecule has 1 aliphatic rings. The quantitative estimate of drug-likeness (QED) is 0.826. The van der Waals surface area contributed by atoms with Gasteiger partial charge in [0.1, 0.15) is 0 Å². The minimum atomic E-state index is 0.0385. The zero-order valence-electron chi connectivity index (χ0n) is 12.5. The molecule has 1 aliphatic heterocycles. The largest absolute Gasteiger partial charge is 0.352 e. The van der Waals surface area contributed by atoms with Crippen LogP contribution in [0.1, 0.15) is 28.8 Å². The average Bonchev–Trinajstić information content (AvgIpc) is 2.91. The molecule has 0 bridgehead atoms. The van der Waals surface area contributed by atoms with Crippen molar-refractivity contribution in [1.82, 2.24) is 15.5 Å². The molecule has 1 aromatic carbocycles. The molecule has 2 N–H and O–H groups in total. The van der Waals surface area contributed by atoms with Crippen molar-refractivity contribution in [2.24, 2.45) is 5.92 Å². The fourth-order valence-corrected chi connectivity index (χ4v) is 2.63. The van der Waals surface area contributed by atoms with Gasteiger partial charge in [-0.3, -0.25) is 4.79 Å². The molecule has 20 heavy (non-hydrogen) atoms. The van der Waals surface area contributed by atoms with E-state index < -0.39 is 0 Å². The van der Waals surface area contributed by atoms with E-state index in [-0.39, 0.29) is 5.91 Å². The number of hydrogen-bond acceptors (Lipinski definition) is 3. The summed E-state index contributed by atoms with van der Waals surface area (Å²) in [6.45, 7) is 3.83. The summed E-state index contributed by atoms with van der Waals surface area (Å²) in [6.07, 6.45) is 2.30. The molecule has 1 saturated heterocycles. The summed E-state index contributed by atoms with van der Waals surface area (Å²) >= 11 is 0. The van der Waals surface area contributed by atoms with E-state index in [1.165, 1.54) is 12.0 Å². The number of benzene rings is 1. The molecule has 1 aromatic rings. The van der Waals surface area contributed by atoms with Gasteiger partial charge >= 0.3 is 0 Å². The van der Waals surface area contributed by atoms with E-state index in [4.69, 9.17) is 0 Å². The van der Waals surface area contributed by atoms with Crippen molar-refractivity contribution in [2.75, 3.05) is 33.7 Å². The maximum absolute atomic E-state index is 12.1. The average molecular weight is 275 g/mol. The van der Waals surface area contributed by atoms with Gasteiger partial charge in [0.15, 0.2) is 0 Å². The fourth-order valence-electron chi connectivity index (χ4n) is 2.63. The highest BCUT2D eigenvalue weighted by molar-refractivity contribution is 5.94. The molecule has 0 aromatic heterocycles. The Kier molecular flexibility index (Phi) is 5.56. The molecule has 2 rings (SSSR count). The lowest BCUT2D eigenvalue weighted by Crippen LogP contribution is -2.26. The number of nitrogens with one attached hydrogen (secondary N) is 2. The van der Waals surface area contributed by atoms with Gasteiger partial charge in [-0.15, -0.1) is 0 Å². The third-order valence-electron chi connectivity index (χ3n) is 3.69. The number of hydrogen-bond donors (Lipinski definition) is 2. The number of rotatable bonds is 6. The molecule has 0 aliphatic carbocycles. The molecule has 4 heteroatoms. The zero-order chi connectivity index (χ0) is 14.4. The molecule has 4 nitrogen and oxygen atoms in total. The van der Waals surface area contributed by atoms with Crippen LogP contribution in [0.3, 0.4) is 0 Å². The summed E-state index contributed by atoms with van der Waals surface area (Å²) in [5.41, 5.74) is 1.93. The van der Waals surface area contributed by atoms with E-state index in [1.807, 2.05) is 32.3 Å². The maximum Gasteiger partial charge on any atom is 0.251 e. The molecular formula is C16H25N3O. The molecule has 0 saturated carbocycles. The Labute approximate surface area is 121 Å². The Balaban J connectivity index is 1.81. The van der Waals surface area contributed by atoms with Gasteiger partial charge < -0.3 is 15.5 Å². The van der Waals surface area contributed by atoms with Gasteiger partial charge in [0.05, 0.1) is 0 Å².